The first-order valence-electron chi connectivity index (χ1n) is 13.0. The number of anilines is 2. The van der Waals surface area contributed by atoms with E-state index in [4.69, 9.17) is 0 Å². The Bertz CT molecular complexity index is 1500. The Morgan fingerprint density at radius 1 is 1.10 bits per heavy atom. The molecular formula is C28H29F5N6O2. The van der Waals surface area contributed by atoms with Crippen molar-refractivity contribution in [3.05, 3.63) is 54.1 Å². The first-order valence-corrected chi connectivity index (χ1v) is 13.0. The third-order valence-corrected chi connectivity index (χ3v) is 7.71. The number of benzene rings is 2. The summed E-state index contributed by atoms with van der Waals surface area (Å²) in [5.41, 5.74) is -3.92. The highest BCUT2D eigenvalue weighted by molar-refractivity contribution is 5.96. The molecule has 0 saturated carbocycles. The lowest BCUT2D eigenvalue weighted by molar-refractivity contribution is -0.137. The molecule has 1 amide bonds. The Morgan fingerprint density at radius 3 is 2.39 bits per heavy atom. The highest BCUT2D eigenvalue weighted by atomic mass is 19.4. The van der Waals surface area contributed by atoms with Crippen LogP contribution < -0.4 is 9.80 Å². The number of likely N-dealkylation sites (N-methyl/N-ethyl adjacent to an activating group) is 1. The molecule has 2 aliphatic heterocycles. The van der Waals surface area contributed by atoms with Crippen molar-refractivity contribution in [2.45, 2.75) is 25.2 Å². The second kappa shape index (κ2) is 10.4. The zero-order chi connectivity index (χ0) is 29.8. The van der Waals surface area contributed by atoms with E-state index >= 15 is 4.39 Å². The van der Waals surface area contributed by atoms with E-state index < -0.39 is 45.8 Å². The quantitative estimate of drug-likeness (QED) is 0.359. The second-order valence-corrected chi connectivity index (χ2v) is 10.5. The van der Waals surface area contributed by atoms with Crippen LogP contribution in [0.15, 0.2) is 36.9 Å². The fourth-order valence-corrected chi connectivity index (χ4v) is 5.35. The van der Waals surface area contributed by atoms with Crippen LogP contribution in [0.4, 0.5) is 33.7 Å². The molecule has 2 fully saturated rings. The molecule has 13 heteroatoms. The Kier molecular flexibility index (Phi) is 7.26. The van der Waals surface area contributed by atoms with Crippen LogP contribution in [0.3, 0.4) is 0 Å². The van der Waals surface area contributed by atoms with Crippen molar-refractivity contribution < 1.29 is 31.9 Å². The predicted molar refractivity (Wildman–Crippen MR) is 145 cm³/mol. The minimum absolute atomic E-state index is 0.0737. The number of aromatic hydroxyl groups is 1. The number of nitrogens with zero attached hydrogens (tertiary/aromatic N) is 6. The Morgan fingerprint density at radius 2 is 1.80 bits per heavy atom. The van der Waals surface area contributed by atoms with E-state index in [1.165, 1.54) is 6.08 Å². The molecule has 0 spiro atoms. The molecule has 8 nitrogen and oxygen atoms in total. The molecule has 3 aromatic rings. The third-order valence-electron chi connectivity index (χ3n) is 7.71. The number of phenolic OH excluding ortho intramolecular Hbond substituents is 1. The monoisotopic (exact) mass is 576 g/mol. The number of carbonyl (C=O) groups is 1. The molecular weight excluding hydrogens is 547 g/mol. The van der Waals surface area contributed by atoms with E-state index in [0.29, 0.717) is 19.2 Å². The van der Waals surface area contributed by atoms with Gasteiger partial charge in [0.2, 0.25) is 11.9 Å². The van der Waals surface area contributed by atoms with Crippen LogP contribution in [0.5, 0.6) is 5.75 Å². The number of phenols is 1. The van der Waals surface area contributed by atoms with Gasteiger partial charge in [0.05, 0.1) is 11.1 Å². The maximum Gasteiger partial charge on any atom is 0.417 e. The van der Waals surface area contributed by atoms with Crippen molar-refractivity contribution in [3.8, 4) is 16.9 Å². The van der Waals surface area contributed by atoms with E-state index in [-0.39, 0.29) is 54.8 Å². The number of alkyl halides is 3. The van der Waals surface area contributed by atoms with E-state index in [9.17, 15) is 27.5 Å². The standard InChI is InChI=1S/C28H29F5N6O2/c1-5-21(41)39-10-9-37(12-15(39)2)26-17-11-18(28(31,32)33)22(23-19(29)7-6-8-20(23)40)24(30)25(17)34-27(35-26)38-13-16(14-38)36(3)4/h5-8,11,15-16,40H,1,9-10,12-14H2,2-4H3. The SMILES string of the molecule is C=CC(=O)N1CCN(c2nc(N3CC(N(C)C)C3)nc3c(F)c(-c4c(O)cccc4F)c(C(F)(F)F)cc23)CC1C. The van der Waals surface area contributed by atoms with Crippen LogP contribution in [0, 0.1) is 11.6 Å². The molecule has 2 saturated heterocycles. The molecule has 1 N–H and O–H groups in total. The van der Waals surface area contributed by atoms with E-state index in [2.05, 4.69) is 16.5 Å². The molecule has 0 bridgehead atoms. The first kappa shape index (κ1) is 28.5. The molecule has 3 heterocycles. The predicted octanol–water partition coefficient (Wildman–Crippen LogP) is 4.27. The van der Waals surface area contributed by atoms with Crippen LogP contribution in [0.1, 0.15) is 12.5 Å². The summed E-state index contributed by atoms with van der Waals surface area (Å²) >= 11 is 0. The smallest absolute Gasteiger partial charge is 0.417 e. The van der Waals surface area contributed by atoms with Crippen molar-refractivity contribution >= 4 is 28.6 Å². The lowest BCUT2D eigenvalue weighted by Gasteiger charge is -2.43. The average Bonchev–Trinajstić information content (AvgIpc) is 2.87. The Hall–Kier alpha value is -4.00. The Balaban J connectivity index is 1.74. The van der Waals surface area contributed by atoms with E-state index in [0.717, 1.165) is 18.2 Å². The summed E-state index contributed by atoms with van der Waals surface area (Å²) < 4.78 is 74.4. The van der Waals surface area contributed by atoms with Crippen LogP contribution >= 0.6 is 0 Å². The van der Waals surface area contributed by atoms with Gasteiger partial charge in [0.1, 0.15) is 22.9 Å². The zero-order valence-corrected chi connectivity index (χ0v) is 22.7. The van der Waals surface area contributed by atoms with Gasteiger partial charge >= 0.3 is 6.18 Å². The summed E-state index contributed by atoms with van der Waals surface area (Å²) in [7, 11) is 3.82. The second-order valence-electron chi connectivity index (χ2n) is 10.5. The van der Waals surface area contributed by atoms with Crippen molar-refractivity contribution in [1.29, 1.82) is 0 Å². The van der Waals surface area contributed by atoms with Crippen molar-refractivity contribution in [3.63, 3.8) is 0 Å². The summed E-state index contributed by atoms with van der Waals surface area (Å²) in [4.78, 5) is 28.3. The maximum atomic E-state index is 16.3. The molecule has 41 heavy (non-hydrogen) atoms. The molecule has 1 unspecified atom stereocenters. The highest BCUT2D eigenvalue weighted by Crippen LogP contribution is 2.46. The molecule has 218 valence electrons. The van der Waals surface area contributed by atoms with Gasteiger partial charge in [-0.15, -0.1) is 0 Å². The first-order chi connectivity index (χ1) is 19.3. The maximum absolute atomic E-state index is 16.3. The number of rotatable bonds is 5. The molecule has 1 aromatic heterocycles. The van der Waals surface area contributed by atoms with Gasteiger partial charge < -0.3 is 24.7 Å². The van der Waals surface area contributed by atoms with Crippen LogP contribution in [-0.4, -0.2) is 89.7 Å². The number of amides is 1. The van der Waals surface area contributed by atoms with Crippen LogP contribution in [0.2, 0.25) is 0 Å². The number of hydrogen-bond donors (Lipinski definition) is 1. The van der Waals surface area contributed by atoms with Crippen LogP contribution in [-0.2, 0) is 11.0 Å². The van der Waals surface area contributed by atoms with Crippen LogP contribution in [0.25, 0.3) is 22.0 Å². The molecule has 0 aliphatic carbocycles. The van der Waals surface area contributed by atoms with Gasteiger partial charge in [0.15, 0.2) is 5.82 Å². The fraction of sp³-hybridized carbons (Fsp3) is 0.393. The average molecular weight is 577 g/mol. The number of carbonyl (C=O) groups excluding carboxylic acids is 1. The lowest BCUT2D eigenvalue weighted by atomic mass is 9.94. The minimum Gasteiger partial charge on any atom is -0.507 e. The summed E-state index contributed by atoms with van der Waals surface area (Å²) in [5, 5.41) is 10.1. The van der Waals surface area contributed by atoms with Gasteiger partial charge in [-0.1, -0.05) is 12.6 Å². The van der Waals surface area contributed by atoms with Crippen molar-refractivity contribution in [2.24, 2.45) is 0 Å². The summed E-state index contributed by atoms with van der Waals surface area (Å²) in [6.45, 7) is 7.00. The number of fused-ring (bicyclic) bond motifs is 1. The number of hydrogen-bond acceptors (Lipinski definition) is 7. The zero-order valence-electron chi connectivity index (χ0n) is 22.7. The summed E-state index contributed by atoms with van der Waals surface area (Å²) in [6.07, 6.45) is -3.91. The lowest BCUT2D eigenvalue weighted by Crippen LogP contribution is -2.58. The van der Waals surface area contributed by atoms with Gasteiger partial charge in [-0.05, 0) is 45.3 Å². The number of piperazine rings is 1. The molecule has 2 aliphatic rings. The van der Waals surface area contributed by atoms with E-state index in [1.807, 2.05) is 19.0 Å². The normalized spacial score (nSPS) is 18.3. The topological polar surface area (TPSA) is 76.0 Å². The van der Waals surface area contributed by atoms with Gasteiger partial charge in [-0.3, -0.25) is 4.79 Å². The molecule has 2 aromatic carbocycles. The van der Waals surface area contributed by atoms with Gasteiger partial charge in [0.25, 0.3) is 0 Å². The van der Waals surface area contributed by atoms with Gasteiger partial charge in [-0.25, -0.2) is 13.8 Å². The number of aromatic nitrogens is 2. The minimum atomic E-state index is -5.10. The van der Waals surface area contributed by atoms with E-state index in [1.54, 1.807) is 21.6 Å². The molecule has 1 atom stereocenters. The Labute approximate surface area is 233 Å². The summed E-state index contributed by atoms with van der Waals surface area (Å²) in [5.74, 6) is -3.55. The van der Waals surface area contributed by atoms with Crippen molar-refractivity contribution in [1.82, 2.24) is 19.8 Å². The van der Waals surface area contributed by atoms with Crippen molar-refractivity contribution in [2.75, 3.05) is 56.6 Å². The summed E-state index contributed by atoms with van der Waals surface area (Å²) in [6, 6.07) is 3.50. The van der Waals surface area contributed by atoms with Gasteiger partial charge in [0, 0.05) is 55.8 Å². The van der Waals surface area contributed by atoms with Gasteiger partial charge in [-0.2, -0.15) is 18.2 Å². The molecule has 5 rings (SSSR count). The largest absolute Gasteiger partial charge is 0.507 e. The fourth-order valence-electron chi connectivity index (χ4n) is 5.35. The highest BCUT2D eigenvalue weighted by Gasteiger charge is 2.40. The molecule has 0 radical (unpaired) electrons. The number of halogens is 5. The third kappa shape index (κ3) is 5.03.